The number of nitrogens with one attached hydrogen (secondary N) is 2. The van der Waals surface area contributed by atoms with Crippen LogP contribution in [0.2, 0.25) is 0 Å². The number of hydrogen-bond donors (Lipinski definition) is 2. The predicted octanol–water partition coefficient (Wildman–Crippen LogP) is 7.02. The summed E-state index contributed by atoms with van der Waals surface area (Å²) < 4.78 is 23.8. The Balaban J connectivity index is 0.665. The molecule has 11 rings (SSSR count). The van der Waals surface area contributed by atoms with Crippen molar-refractivity contribution in [3.63, 3.8) is 0 Å². The minimum absolute atomic E-state index is 0.00391. The number of carbonyl (C=O) groups is 4. The van der Waals surface area contributed by atoms with E-state index in [2.05, 4.69) is 35.0 Å². The van der Waals surface area contributed by atoms with Gasteiger partial charge in [0.05, 0.1) is 60.9 Å². The molecule has 4 amide bonds. The van der Waals surface area contributed by atoms with Crippen LogP contribution in [0.25, 0.3) is 11.0 Å². The maximum absolute atomic E-state index is 14.1. The van der Waals surface area contributed by atoms with E-state index in [9.17, 15) is 24.0 Å². The van der Waals surface area contributed by atoms with E-state index < -0.39 is 17.2 Å². The number of piperazine rings is 2. The summed E-state index contributed by atoms with van der Waals surface area (Å²) in [6, 6.07) is 21.0. The fourth-order valence-corrected chi connectivity index (χ4v) is 12.2. The molecule has 432 valence electrons. The van der Waals surface area contributed by atoms with Crippen molar-refractivity contribution in [1.82, 2.24) is 44.8 Å². The van der Waals surface area contributed by atoms with Gasteiger partial charge in [-0.05, 0) is 132 Å². The third kappa shape index (κ3) is 13.6. The largest absolute Gasteiger partial charge is 0.497 e. The van der Waals surface area contributed by atoms with Gasteiger partial charge in [-0.15, -0.1) is 0 Å². The Morgan fingerprint density at radius 1 is 0.840 bits per heavy atom. The third-order valence-electron chi connectivity index (χ3n) is 16.9. The molecule has 2 aromatic carbocycles. The van der Waals surface area contributed by atoms with Crippen LogP contribution < -0.4 is 25.2 Å². The van der Waals surface area contributed by atoms with Gasteiger partial charge in [0.1, 0.15) is 29.3 Å². The van der Waals surface area contributed by atoms with Gasteiger partial charge in [-0.2, -0.15) is 0 Å². The minimum Gasteiger partial charge on any atom is -0.497 e. The van der Waals surface area contributed by atoms with Gasteiger partial charge in [-0.25, -0.2) is 9.78 Å². The molecular formula is C62H80N10O9. The van der Waals surface area contributed by atoms with Crippen LogP contribution in [0.5, 0.6) is 11.5 Å². The number of amides is 4. The van der Waals surface area contributed by atoms with Gasteiger partial charge in [0.25, 0.3) is 17.4 Å². The summed E-state index contributed by atoms with van der Waals surface area (Å²) in [6.45, 7) is 18.8. The molecule has 6 fully saturated rings. The number of carbonyl (C=O) groups excluding carboxylic acids is 4. The molecular weight excluding hydrogens is 1030 g/mol. The van der Waals surface area contributed by atoms with Gasteiger partial charge in [0.15, 0.2) is 0 Å². The van der Waals surface area contributed by atoms with Crippen molar-refractivity contribution in [2.75, 3.05) is 104 Å². The normalized spacial score (nSPS) is 21.7. The quantitative estimate of drug-likeness (QED) is 0.0964. The lowest BCUT2D eigenvalue weighted by molar-refractivity contribution is -0.170. The first-order valence-electron chi connectivity index (χ1n) is 29.1. The average Bonchev–Trinajstić information content (AvgIpc) is 3.51. The van der Waals surface area contributed by atoms with Crippen LogP contribution in [0, 0.1) is 0 Å². The number of piperidine rings is 1. The highest BCUT2D eigenvalue weighted by Crippen LogP contribution is 2.44. The Hall–Kier alpha value is -7.09. The van der Waals surface area contributed by atoms with Crippen LogP contribution in [0.3, 0.4) is 0 Å². The van der Waals surface area contributed by atoms with E-state index in [0.717, 1.165) is 130 Å². The summed E-state index contributed by atoms with van der Waals surface area (Å²) >= 11 is 0. The number of methoxy groups -OCH3 is 1. The second-order valence-electron chi connectivity index (χ2n) is 23.7. The number of nitrogens with zero attached hydrogens (tertiary/aromatic N) is 8. The molecule has 1 aliphatic carbocycles. The van der Waals surface area contributed by atoms with Gasteiger partial charge < -0.3 is 43.9 Å². The second kappa shape index (κ2) is 24.6. The highest BCUT2D eigenvalue weighted by Gasteiger charge is 2.51. The zero-order valence-electron chi connectivity index (χ0n) is 48.1. The topological polar surface area (TPSA) is 195 Å². The number of ether oxygens (including phenoxy) is 4. The van der Waals surface area contributed by atoms with Crippen LogP contribution in [-0.2, 0) is 33.8 Å². The highest BCUT2D eigenvalue weighted by atomic mass is 16.6. The number of likely N-dealkylation sites (tertiary alicyclic amines) is 1. The fraction of sp³-hybridized carbons (Fsp3) is 0.532. The Kier molecular flexibility index (Phi) is 17.3. The van der Waals surface area contributed by atoms with Crippen LogP contribution in [-0.4, -0.2) is 179 Å². The van der Waals surface area contributed by atoms with Crippen molar-refractivity contribution < 1.29 is 38.1 Å². The first-order valence-corrected chi connectivity index (χ1v) is 29.1. The molecule has 5 aliphatic heterocycles. The van der Waals surface area contributed by atoms with E-state index in [1.54, 1.807) is 40.1 Å². The minimum atomic E-state index is -0.758. The molecule has 1 unspecified atom stereocenters. The first kappa shape index (κ1) is 57.2. The van der Waals surface area contributed by atoms with E-state index in [1.807, 2.05) is 90.5 Å². The number of aromatic amines is 1. The standard InChI is InChI=1S/C62H80N10O9/c1-7-44-33-52-53(65-56(44)74)31-43(35-63-52)37-67-23-27-69(28-24-67)49-15-17-51(64-36-49)57(75)66-61-18-20-62(21-19-61,80-42-61)41-68-25-29-70(30-26-68)58(76)46-12-9-11-45(32-46)47-13-10-22-71(38-47)55(73)40-72(59(77)81-60(3,4)5)39-48-14-16-50(78-6)34-54(48)79-8-2/h9,11-12,14-17,31-36,47H,7-8,10,13,18-30,37-42H2,1-6H3,(H,65,74)(H,66,75). The molecule has 19 heteroatoms. The molecule has 2 N–H and O–H groups in total. The molecule has 3 aromatic heterocycles. The molecule has 1 saturated carbocycles. The van der Waals surface area contributed by atoms with Crippen molar-refractivity contribution >= 4 is 40.5 Å². The SMILES string of the molecule is CCOc1cc(OC)ccc1CN(CC(=O)N1CCCC(c2cccc(C(=O)N3CCN(CC45CCC(NC(=O)c6ccc(N7CCN(Cc8cnc9cc(CC)c(=O)[nH]c9c8)CC7)cn6)(CC4)CO5)CC3)c2)C1)C(=O)OC(C)(C)C. The van der Waals surface area contributed by atoms with Crippen molar-refractivity contribution in [1.29, 1.82) is 0 Å². The molecule has 5 saturated heterocycles. The van der Waals surface area contributed by atoms with Crippen molar-refractivity contribution in [3.05, 3.63) is 123 Å². The zero-order valence-corrected chi connectivity index (χ0v) is 48.1. The van der Waals surface area contributed by atoms with E-state index in [-0.39, 0.29) is 47.9 Å². The summed E-state index contributed by atoms with van der Waals surface area (Å²) in [4.78, 5) is 92.4. The summed E-state index contributed by atoms with van der Waals surface area (Å²) in [6.07, 6.45) is 8.82. The summed E-state index contributed by atoms with van der Waals surface area (Å²) in [7, 11) is 1.59. The van der Waals surface area contributed by atoms with E-state index in [0.29, 0.717) is 68.6 Å². The van der Waals surface area contributed by atoms with Gasteiger partial charge in [0.2, 0.25) is 5.91 Å². The predicted molar refractivity (Wildman–Crippen MR) is 309 cm³/mol. The number of aryl methyl sites for hydroxylation is 1. The van der Waals surface area contributed by atoms with Crippen molar-refractivity contribution in [2.24, 2.45) is 0 Å². The second-order valence-corrected chi connectivity index (χ2v) is 23.7. The number of fused-ring (bicyclic) bond motifs is 4. The van der Waals surface area contributed by atoms with Crippen LogP contribution >= 0.6 is 0 Å². The Labute approximate surface area is 475 Å². The number of benzene rings is 2. The van der Waals surface area contributed by atoms with Gasteiger partial charge in [-0.3, -0.25) is 38.9 Å². The number of hydrogen-bond acceptors (Lipinski definition) is 14. The van der Waals surface area contributed by atoms with Gasteiger partial charge in [-0.1, -0.05) is 19.1 Å². The number of H-pyrrole nitrogens is 1. The monoisotopic (exact) mass is 1110 g/mol. The summed E-state index contributed by atoms with van der Waals surface area (Å²) in [5, 5.41) is 3.33. The van der Waals surface area contributed by atoms with Crippen LogP contribution in [0.1, 0.15) is 122 Å². The Morgan fingerprint density at radius 2 is 1.62 bits per heavy atom. The van der Waals surface area contributed by atoms with E-state index in [1.165, 1.54) is 4.90 Å². The van der Waals surface area contributed by atoms with E-state index in [4.69, 9.17) is 18.9 Å². The lowest BCUT2D eigenvalue weighted by Gasteiger charge is -2.54. The molecule has 81 heavy (non-hydrogen) atoms. The summed E-state index contributed by atoms with van der Waals surface area (Å²) in [5.41, 5.74) is 5.64. The molecule has 2 bridgehead atoms. The highest BCUT2D eigenvalue weighted by molar-refractivity contribution is 5.95. The Morgan fingerprint density at radius 3 is 2.31 bits per heavy atom. The lowest BCUT2D eigenvalue weighted by Crippen LogP contribution is -2.66. The fourth-order valence-electron chi connectivity index (χ4n) is 12.2. The van der Waals surface area contributed by atoms with E-state index >= 15 is 0 Å². The number of pyridine rings is 3. The Bertz CT molecular complexity index is 3100. The van der Waals surface area contributed by atoms with Crippen molar-refractivity contribution in [3.8, 4) is 11.5 Å². The molecule has 0 radical (unpaired) electrons. The zero-order chi connectivity index (χ0) is 56.9. The van der Waals surface area contributed by atoms with Crippen LogP contribution in [0.4, 0.5) is 10.5 Å². The first-order chi connectivity index (χ1) is 39.0. The molecule has 1 atom stereocenters. The molecule has 0 spiro atoms. The number of aromatic nitrogens is 3. The molecule has 19 nitrogen and oxygen atoms in total. The number of rotatable bonds is 17. The van der Waals surface area contributed by atoms with Gasteiger partial charge in [0, 0.05) is 113 Å². The maximum Gasteiger partial charge on any atom is 0.411 e. The molecule has 5 aromatic rings. The van der Waals surface area contributed by atoms with Gasteiger partial charge >= 0.3 is 6.09 Å². The number of anilines is 1. The van der Waals surface area contributed by atoms with Crippen molar-refractivity contribution in [2.45, 2.75) is 115 Å². The maximum atomic E-state index is 14.1. The van der Waals surface area contributed by atoms with Crippen LogP contribution in [0.15, 0.2) is 83.9 Å². The average molecular weight is 1110 g/mol. The summed E-state index contributed by atoms with van der Waals surface area (Å²) in [5.74, 6) is 0.892. The third-order valence-corrected chi connectivity index (χ3v) is 16.9. The smallest absolute Gasteiger partial charge is 0.411 e. The molecule has 6 aliphatic rings. The molecule has 8 heterocycles. The lowest BCUT2D eigenvalue weighted by atomic mass is 9.70.